The number of nitrogens with zero attached hydrogens (tertiary/aromatic N) is 1. The number of rotatable bonds is 4. The van der Waals surface area contributed by atoms with Gasteiger partial charge in [-0.05, 0) is 43.5 Å². The number of benzene rings is 2. The van der Waals surface area contributed by atoms with Crippen molar-refractivity contribution in [2.75, 3.05) is 7.05 Å². The quantitative estimate of drug-likeness (QED) is 0.867. The van der Waals surface area contributed by atoms with Gasteiger partial charge in [-0.15, -0.1) is 0 Å². The molecule has 0 N–H and O–H groups in total. The zero-order valence-electron chi connectivity index (χ0n) is 12.9. The molecule has 4 heteroatoms. The lowest BCUT2D eigenvalue weighted by Crippen LogP contribution is -2.27. The van der Waals surface area contributed by atoms with Crippen molar-refractivity contribution in [3.63, 3.8) is 0 Å². The number of hydrogen-bond acceptors (Lipinski definition) is 2. The molecule has 0 fully saturated rings. The zero-order chi connectivity index (χ0) is 15.6. The van der Waals surface area contributed by atoms with Crippen molar-refractivity contribution in [1.82, 2.24) is 4.31 Å². The smallest absolute Gasteiger partial charge is 0.207 e. The van der Waals surface area contributed by atoms with Crippen molar-refractivity contribution in [1.29, 1.82) is 0 Å². The minimum absolute atomic E-state index is 0.377. The number of sulfonamides is 1. The molecule has 2 aromatic carbocycles. The lowest BCUT2D eigenvalue weighted by atomic mass is 10.1. The fraction of sp³-hybridized carbons (Fsp3) is 0.294. The van der Waals surface area contributed by atoms with E-state index in [0.717, 1.165) is 22.3 Å². The zero-order valence-corrected chi connectivity index (χ0v) is 13.7. The van der Waals surface area contributed by atoms with Crippen LogP contribution < -0.4 is 0 Å². The molecule has 0 radical (unpaired) electrons. The molecule has 0 saturated carbocycles. The van der Waals surface area contributed by atoms with Gasteiger partial charge < -0.3 is 0 Å². The maximum Gasteiger partial charge on any atom is 0.243 e. The summed E-state index contributed by atoms with van der Waals surface area (Å²) in [6, 6.07) is 13.3. The highest BCUT2D eigenvalue weighted by molar-refractivity contribution is 7.89. The van der Waals surface area contributed by atoms with Crippen LogP contribution in [0.5, 0.6) is 0 Å². The summed E-state index contributed by atoms with van der Waals surface area (Å²) in [6.45, 7) is 6.16. The Kier molecular flexibility index (Phi) is 4.49. The van der Waals surface area contributed by atoms with Gasteiger partial charge in [0.25, 0.3) is 0 Å². The second-order valence-electron chi connectivity index (χ2n) is 5.46. The Morgan fingerprint density at radius 2 is 1.62 bits per heavy atom. The molecule has 2 rings (SSSR count). The van der Waals surface area contributed by atoms with E-state index >= 15 is 0 Å². The summed E-state index contributed by atoms with van der Waals surface area (Å²) in [5.41, 5.74) is 3.97. The Morgan fingerprint density at radius 1 is 0.952 bits per heavy atom. The third-order valence-electron chi connectivity index (χ3n) is 3.67. The molecule has 0 atom stereocenters. The van der Waals surface area contributed by atoms with Crippen molar-refractivity contribution < 1.29 is 8.42 Å². The molecule has 0 saturated heterocycles. The van der Waals surface area contributed by atoms with E-state index in [2.05, 4.69) is 0 Å². The van der Waals surface area contributed by atoms with Gasteiger partial charge in [0.1, 0.15) is 0 Å². The van der Waals surface area contributed by atoms with Crippen LogP contribution in [0.4, 0.5) is 0 Å². The van der Waals surface area contributed by atoms with Crippen LogP contribution in [0.25, 0.3) is 0 Å². The third kappa shape index (κ3) is 3.34. The molecule has 0 aliphatic heterocycles. The highest BCUT2D eigenvalue weighted by atomic mass is 32.2. The molecule has 0 aliphatic rings. The summed E-state index contributed by atoms with van der Waals surface area (Å²) in [4.78, 5) is 0.379. The van der Waals surface area contributed by atoms with E-state index in [-0.39, 0.29) is 0 Å². The molecule has 2 aromatic rings. The van der Waals surface area contributed by atoms with Gasteiger partial charge in [0.2, 0.25) is 10.0 Å². The first-order valence-corrected chi connectivity index (χ1v) is 8.34. The predicted octanol–water partition coefficient (Wildman–Crippen LogP) is 3.43. The van der Waals surface area contributed by atoms with Gasteiger partial charge in [0.05, 0.1) is 4.90 Å². The Hall–Kier alpha value is -1.65. The van der Waals surface area contributed by atoms with E-state index in [1.165, 1.54) is 4.31 Å². The number of hydrogen-bond donors (Lipinski definition) is 0. The Bertz CT molecular complexity index is 751. The summed E-state index contributed by atoms with van der Waals surface area (Å²) in [6.07, 6.45) is 0. The van der Waals surface area contributed by atoms with E-state index in [9.17, 15) is 8.42 Å². The summed E-state index contributed by atoms with van der Waals surface area (Å²) in [5, 5.41) is 0. The molecule has 3 nitrogen and oxygen atoms in total. The van der Waals surface area contributed by atoms with E-state index in [0.29, 0.717) is 11.4 Å². The molecular weight excluding hydrogens is 282 g/mol. The van der Waals surface area contributed by atoms with Crippen molar-refractivity contribution in [2.24, 2.45) is 0 Å². The van der Waals surface area contributed by atoms with E-state index in [4.69, 9.17) is 0 Å². The molecule has 0 bridgehead atoms. The fourth-order valence-electron chi connectivity index (χ4n) is 2.37. The normalized spacial score (nSPS) is 11.9. The monoisotopic (exact) mass is 303 g/mol. The molecule has 0 amide bonds. The third-order valence-corrected chi connectivity index (χ3v) is 5.64. The minimum atomic E-state index is -3.47. The standard InChI is InChI=1S/C17H21NO2S/c1-13-9-10-17(15(3)11-13)21(19,20)18(4)12-16-8-6-5-7-14(16)2/h5-11H,12H2,1-4H3. The first-order chi connectivity index (χ1) is 9.82. The van der Waals surface area contributed by atoms with Crippen LogP contribution in [0.3, 0.4) is 0 Å². The van der Waals surface area contributed by atoms with Gasteiger partial charge >= 0.3 is 0 Å². The fourth-order valence-corrected chi connectivity index (χ4v) is 3.72. The average Bonchev–Trinajstić information content (AvgIpc) is 2.40. The van der Waals surface area contributed by atoms with Gasteiger partial charge in [-0.2, -0.15) is 4.31 Å². The Balaban J connectivity index is 2.33. The highest BCUT2D eigenvalue weighted by Gasteiger charge is 2.23. The van der Waals surface area contributed by atoms with E-state index in [1.807, 2.05) is 57.2 Å². The topological polar surface area (TPSA) is 37.4 Å². The number of aryl methyl sites for hydroxylation is 3. The molecule has 0 unspecified atom stereocenters. The molecule has 0 spiro atoms. The summed E-state index contributed by atoms with van der Waals surface area (Å²) < 4.78 is 26.8. The minimum Gasteiger partial charge on any atom is -0.207 e. The maximum atomic E-state index is 12.7. The van der Waals surface area contributed by atoms with Crippen molar-refractivity contribution in [3.8, 4) is 0 Å². The average molecular weight is 303 g/mol. The largest absolute Gasteiger partial charge is 0.243 e. The first-order valence-electron chi connectivity index (χ1n) is 6.90. The summed E-state index contributed by atoms with van der Waals surface area (Å²) >= 11 is 0. The van der Waals surface area contributed by atoms with Crippen molar-refractivity contribution >= 4 is 10.0 Å². The predicted molar refractivity (Wildman–Crippen MR) is 85.7 cm³/mol. The molecule has 21 heavy (non-hydrogen) atoms. The van der Waals surface area contributed by atoms with Gasteiger partial charge in [0.15, 0.2) is 0 Å². The van der Waals surface area contributed by atoms with Crippen LogP contribution in [0.15, 0.2) is 47.4 Å². The van der Waals surface area contributed by atoms with E-state index < -0.39 is 10.0 Å². The Labute approximate surface area is 127 Å². The first kappa shape index (κ1) is 15.7. The van der Waals surface area contributed by atoms with Crippen molar-refractivity contribution in [2.45, 2.75) is 32.2 Å². The molecule has 0 aliphatic carbocycles. The van der Waals surface area contributed by atoms with Crippen LogP contribution in [-0.2, 0) is 16.6 Å². The summed E-state index contributed by atoms with van der Waals surface area (Å²) in [5.74, 6) is 0. The second kappa shape index (κ2) is 6.00. The lowest BCUT2D eigenvalue weighted by molar-refractivity contribution is 0.465. The van der Waals surface area contributed by atoms with Crippen LogP contribution in [0.1, 0.15) is 22.3 Å². The lowest BCUT2D eigenvalue weighted by Gasteiger charge is -2.19. The van der Waals surface area contributed by atoms with Crippen LogP contribution >= 0.6 is 0 Å². The van der Waals surface area contributed by atoms with Gasteiger partial charge in [-0.25, -0.2) is 8.42 Å². The van der Waals surface area contributed by atoms with Crippen LogP contribution in [0.2, 0.25) is 0 Å². The molecular formula is C17H21NO2S. The molecule has 112 valence electrons. The van der Waals surface area contributed by atoms with Crippen LogP contribution in [-0.4, -0.2) is 19.8 Å². The van der Waals surface area contributed by atoms with Gasteiger partial charge in [-0.1, -0.05) is 42.0 Å². The van der Waals surface area contributed by atoms with Crippen LogP contribution in [0, 0.1) is 20.8 Å². The van der Waals surface area contributed by atoms with E-state index in [1.54, 1.807) is 13.1 Å². The van der Waals surface area contributed by atoms with Gasteiger partial charge in [0, 0.05) is 13.6 Å². The summed E-state index contributed by atoms with van der Waals surface area (Å²) in [7, 11) is -1.84. The SMILES string of the molecule is Cc1ccc(S(=O)(=O)N(C)Cc2ccccc2C)c(C)c1. The highest BCUT2D eigenvalue weighted by Crippen LogP contribution is 2.22. The second-order valence-corrected chi connectivity index (χ2v) is 7.47. The Morgan fingerprint density at radius 3 is 2.24 bits per heavy atom. The van der Waals surface area contributed by atoms with Gasteiger partial charge in [-0.3, -0.25) is 0 Å². The molecule has 0 aromatic heterocycles. The maximum absolute atomic E-state index is 12.7. The molecule has 0 heterocycles. The van der Waals surface area contributed by atoms with Crippen molar-refractivity contribution in [3.05, 3.63) is 64.7 Å².